The Kier molecular flexibility index (Phi) is 7.04. The summed E-state index contributed by atoms with van der Waals surface area (Å²) in [6, 6.07) is 1.70. The SMILES string of the molecule is COCCCN(CCOC)C(=O)c1cc(F)cc(N)c1F. The number of rotatable bonds is 8. The van der Waals surface area contributed by atoms with E-state index < -0.39 is 17.5 Å². The van der Waals surface area contributed by atoms with Crippen LogP contribution in [0.4, 0.5) is 14.5 Å². The Morgan fingerprint density at radius 3 is 2.48 bits per heavy atom. The quantitative estimate of drug-likeness (QED) is 0.586. The van der Waals surface area contributed by atoms with Crippen molar-refractivity contribution in [2.75, 3.05) is 46.3 Å². The largest absolute Gasteiger partial charge is 0.396 e. The average Bonchev–Trinajstić information content (AvgIpc) is 2.45. The second-order valence-corrected chi connectivity index (χ2v) is 4.49. The second-order valence-electron chi connectivity index (χ2n) is 4.49. The predicted octanol–water partition coefficient (Wildman–Crippen LogP) is 1.67. The molecule has 0 radical (unpaired) electrons. The van der Waals surface area contributed by atoms with Crippen LogP contribution < -0.4 is 5.73 Å². The van der Waals surface area contributed by atoms with Crippen molar-refractivity contribution < 1.29 is 23.0 Å². The smallest absolute Gasteiger partial charge is 0.257 e. The van der Waals surface area contributed by atoms with Crippen LogP contribution in [0.1, 0.15) is 16.8 Å². The number of amides is 1. The van der Waals surface area contributed by atoms with Crippen LogP contribution in [0, 0.1) is 11.6 Å². The molecule has 0 fully saturated rings. The summed E-state index contributed by atoms with van der Waals surface area (Å²) < 4.78 is 37.1. The molecular formula is C14H20F2N2O3. The molecule has 118 valence electrons. The number of hydrogen-bond acceptors (Lipinski definition) is 4. The Morgan fingerprint density at radius 2 is 1.86 bits per heavy atom. The molecule has 1 rings (SSSR count). The summed E-state index contributed by atoms with van der Waals surface area (Å²) in [6.45, 7) is 1.39. The van der Waals surface area contributed by atoms with Crippen molar-refractivity contribution in [3.05, 3.63) is 29.3 Å². The number of carbonyl (C=O) groups excluding carboxylic acids is 1. The van der Waals surface area contributed by atoms with Crippen molar-refractivity contribution >= 4 is 11.6 Å². The van der Waals surface area contributed by atoms with Gasteiger partial charge in [-0.05, 0) is 18.6 Å². The van der Waals surface area contributed by atoms with Crippen molar-refractivity contribution in [2.24, 2.45) is 0 Å². The van der Waals surface area contributed by atoms with E-state index in [-0.39, 0.29) is 17.8 Å². The van der Waals surface area contributed by atoms with Crippen LogP contribution in [0.25, 0.3) is 0 Å². The van der Waals surface area contributed by atoms with Crippen molar-refractivity contribution in [2.45, 2.75) is 6.42 Å². The first-order valence-electron chi connectivity index (χ1n) is 6.53. The van der Waals surface area contributed by atoms with Gasteiger partial charge in [0.15, 0.2) is 5.82 Å². The van der Waals surface area contributed by atoms with Gasteiger partial charge in [-0.15, -0.1) is 0 Å². The van der Waals surface area contributed by atoms with Gasteiger partial charge in [0, 0.05) is 33.9 Å². The van der Waals surface area contributed by atoms with Crippen molar-refractivity contribution in [1.82, 2.24) is 4.90 Å². The number of hydrogen-bond donors (Lipinski definition) is 1. The first kappa shape index (κ1) is 17.3. The van der Waals surface area contributed by atoms with Gasteiger partial charge < -0.3 is 20.1 Å². The number of nitrogen functional groups attached to an aromatic ring is 1. The zero-order valence-electron chi connectivity index (χ0n) is 12.2. The molecular weight excluding hydrogens is 282 g/mol. The Balaban J connectivity index is 2.93. The molecule has 1 aromatic rings. The van der Waals surface area contributed by atoms with E-state index >= 15 is 0 Å². The number of nitrogens with two attached hydrogens (primary N) is 1. The number of anilines is 1. The van der Waals surface area contributed by atoms with E-state index in [0.717, 1.165) is 12.1 Å². The lowest BCUT2D eigenvalue weighted by molar-refractivity contribution is 0.0669. The maximum absolute atomic E-state index is 13.9. The summed E-state index contributed by atoms with van der Waals surface area (Å²) in [6.07, 6.45) is 0.582. The fraction of sp³-hybridized carbons (Fsp3) is 0.500. The standard InChI is InChI=1S/C14H20F2N2O3/c1-20-6-3-4-18(5-7-21-2)14(19)11-8-10(15)9-12(17)13(11)16/h8-9H,3-7,17H2,1-2H3. The van der Waals surface area contributed by atoms with Crippen LogP contribution in [0.15, 0.2) is 12.1 Å². The van der Waals surface area contributed by atoms with Gasteiger partial charge in [0.2, 0.25) is 0 Å². The molecule has 21 heavy (non-hydrogen) atoms. The van der Waals surface area contributed by atoms with Gasteiger partial charge in [0.1, 0.15) is 5.82 Å². The molecule has 0 aliphatic carbocycles. The maximum Gasteiger partial charge on any atom is 0.257 e. The fourth-order valence-corrected chi connectivity index (χ4v) is 1.85. The van der Waals surface area contributed by atoms with Gasteiger partial charge in [-0.25, -0.2) is 8.78 Å². The number of benzene rings is 1. The summed E-state index contributed by atoms with van der Waals surface area (Å²) in [5.74, 6) is -2.27. The van der Waals surface area contributed by atoms with Gasteiger partial charge in [-0.1, -0.05) is 0 Å². The molecule has 0 bridgehead atoms. The molecule has 0 saturated carbocycles. The zero-order chi connectivity index (χ0) is 15.8. The van der Waals surface area contributed by atoms with Crippen molar-refractivity contribution in [1.29, 1.82) is 0 Å². The minimum Gasteiger partial charge on any atom is -0.396 e. The van der Waals surface area contributed by atoms with Gasteiger partial charge in [0.05, 0.1) is 17.9 Å². The van der Waals surface area contributed by atoms with E-state index in [2.05, 4.69) is 0 Å². The fourth-order valence-electron chi connectivity index (χ4n) is 1.85. The summed E-state index contributed by atoms with van der Waals surface area (Å²) in [7, 11) is 3.05. The third-order valence-electron chi connectivity index (χ3n) is 2.92. The molecule has 0 heterocycles. The van der Waals surface area contributed by atoms with Crippen LogP contribution in [-0.2, 0) is 9.47 Å². The van der Waals surface area contributed by atoms with Crippen LogP contribution in [-0.4, -0.2) is 51.3 Å². The highest BCUT2D eigenvalue weighted by Crippen LogP contribution is 2.19. The van der Waals surface area contributed by atoms with Crippen LogP contribution in [0.3, 0.4) is 0 Å². The Bertz CT molecular complexity index is 484. The van der Waals surface area contributed by atoms with Gasteiger partial charge >= 0.3 is 0 Å². The third kappa shape index (κ3) is 4.95. The topological polar surface area (TPSA) is 64.8 Å². The maximum atomic E-state index is 13.9. The molecule has 0 aromatic heterocycles. The minimum absolute atomic E-state index is 0.273. The molecule has 0 unspecified atom stereocenters. The summed E-state index contributed by atoms with van der Waals surface area (Å²) >= 11 is 0. The molecule has 0 spiro atoms. The van der Waals surface area contributed by atoms with E-state index in [1.54, 1.807) is 7.11 Å². The Morgan fingerprint density at radius 1 is 1.19 bits per heavy atom. The molecule has 1 amide bonds. The number of halogens is 2. The lowest BCUT2D eigenvalue weighted by atomic mass is 10.1. The van der Waals surface area contributed by atoms with E-state index in [1.807, 2.05) is 0 Å². The number of ether oxygens (including phenoxy) is 2. The molecule has 2 N–H and O–H groups in total. The number of carbonyl (C=O) groups is 1. The molecule has 0 aliphatic rings. The number of methoxy groups -OCH3 is 2. The zero-order valence-corrected chi connectivity index (χ0v) is 12.2. The normalized spacial score (nSPS) is 10.7. The Labute approximate surface area is 122 Å². The van der Waals surface area contributed by atoms with Crippen LogP contribution in [0.5, 0.6) is 0 Å². The molecule has 0 aliphatic heterocycles. The Hall–Kier alpha value is -1.73. The van der Waals surface area contributed by atoms with Gasteiger partial charge in [0.25, 0.3) is 5.91 Å². The van der Waals surface area contributed by atoms with E-state index in [0.29, 0.717) is 26.2 Å². The summed E-state index contributed by atoms with van der Waals surface area (Å²) in [5, 5.41) is 0. The van der Waals surface area contributed by atoms with Crippen molar-refractivity contribution in [3.63, 3.8) is 0 Å². The lowest BCUT2D eigenvalue weighted by Gasteiger charge is -2.23. The van der Waals surface area contributed by atoms with E-state index in [4.69, 9.17) is 15.2 Å². The highest BCUT2D eigenvalue weighted by molar-refractivity contribution is 5.95. The van der Waals surface area contributed by atoms with Gasteiger partial charge in [-0.3, -0.25) is 4.79 Å². The second kappa shape index (κ2) is 8.53. The lowest BCUT2D eigenvalue weighted by Crippen LogP contribution is -2.36. The van der Waals surface area contributed by atoms with Gasteiger partial charge in [-0.2, -0.15) is 0 Å². The molecule has 5 nitrogen and oxygen atoms in total. The first-order valence-corrected chi connectivity index (χ1v) is 6.53. The van der Waals surface area contributed by atoms with E-state index in [1.165, 1.54) is 12.0 Å². The molecule has 7 heteroatoms. The molecule has 0 atom stereocenters. The molecule has 1 aromatic carbocycles. The third-order valence-corrected chi connectivity index (χ3v) is 2.92. The minimum atomic E-state index is -0.907. The van der Waals surface area contributed by atoms with Crippen molar-refractivity contribution in [3.8, 4) is 0 Å². The van der Waals surface area contributed by atoms with Crippen LogP contribution >= 0.6 is 0 Å². The first-order chi connectivity index (χ1) is 10.0. The highest BCUT2D eigenvalue weighted by atomic mass is 19.1. The summed E-state index contributed by atoms with van der Waals surface area (Å²) in [5.41, 5.74) is 4.59. The van der Waals surface area contributed by atoms with E-state index in [9.17, 15) is 13.6 Å². The predicted molar refractivity (Wildman–Crippen MR) is 75.0 cm³/mol. The van der Waals surface area contributed by atoms with Crippen LogP contribution in [0.2, 0.25) is 0 Å². The average molecular weight is 302 g/mol. The monoisotopic (exact) mass is 302 g/mol. The number of nitrogens with zero attached hydrogens (tertiary/aromatic N) is 1. The highest BCUT2D eigenvalue weighted by Gasteiger charge is 2.21. The molecule has 0 saturated heterocycles. The summed E-state index contributed by atoms with van der Waals surface area (Å²) in [4.78, 5) is 13.7.